The molecular formula is C19H25FO. The van der Waals surface area contributed by atoms with E-state index in [9.17, 15) is 4.39 Å². The van der Waals surface area contributed by atoms with Crippen molar-refractivity contribution in [3.63, 3.8) is 0 Å². The van der Waals surface area contributed by atoms with Crippen molar-refractivity contribution in [1.82, 2.24) is 0 Å². The summed E-state index contributed by atoms with van der Waals surface area (Å²) in [6.07, 6.45) is 13.2. The molecule has 0 heterocycles. The average Bonchev–Trinajstić information content (AvgIpc) is 2.94. The summed E-state index contributed by atoms with van der Waals surface area (Å²) in [6.45, 7) is 2.51. The molecule has 1 nitrogen and oxygen atoms in total. The Morgan fingerprint density at radius 2 is 1.90 bits per heavy atom. The Balaban J connectivity index is 1.65. The zero-order chi connectivity index (χ0) is 14.7. The third-order valence-corrected chi connectivity index (χ3v) is 5.04. The van der Waals surface area contributed by atoms with Crippen molar-refractivity contribution in [2.24, 2.45) is 11.8 Å². The molecule has 0 bridgehead atoms. The number of rotatable bonds is 5. The van der Waals surface area contributed by atoms with Gasteiger partial charge in [0.05, 0.1) is 6.61 Å². The van der Waals surface area contributed by atoms with Crippen LogP contribution in [0.1, 0.15) is 56.1 Å². The van der Waals surface area contributed by atoms with Crippen molar-refractivity contribution in [1.29, 1.82) is 0 Å². The van der Waals surface area contributed by atoms with Crippen molar-refractivity contribution in [2.75, 3.05) is 6.61 Å². The Hall–Kier alpha value is -1.31. The standard InChI is InChI=1S/C19H25FO/c1-14-17(10-9-15-7-4-8-15)11-12-18(19(14)20)21-13-16-5-2-3-6-16/h9-12,15-16H,2-8,13H2,1H3/b10-9+. The van der Waals surface area contributed by atoms with Crippen LogP contribution < -0.4 is 4.74 Å². The maximum Gasteiger partial charge on any atom is 0.168 e. The fourth-order valence-corrected chi connectivity index (χ4v) is 3.22. The van der Waals surface area contributed by atoms with Gasteiger partial charge in [-0.05, 0) is 61.6 Å². The van der Waals surface area contributed by atoms with E-state index in [0.29, 0.717) is 29.8 Å². The minimum Gasteiger partial charge on any atom is -0.490 e. The highest BCUT2D eigenvalue weighted by molar-refractivity contribution is 5.56. The van der Waals surface area contributed by atoms with E-state index in [4.69, 9.17) is 4.74 Å². The predicted molar refractivity (Wildman–Crippen MR) is 85.0 cm³/mol. The average molecular weight is 288 g/mol. The summed E-state index contributed by atoms with van der Waals surface area (Å²) in [5, 5.41) is 0. The zero-order valence-corrected chi connectivity index (χ0v) is 12.9. The third kappa shape index (κ3) is 3.48. The van der Waals surface area contributed by atoms with Gasteiger partial charge in [-0.25, -0.2) is 4.39 Å². The molecule has 1 aromatic carbocycles. The Labute approximate surface area is 127 Å². The second kappa shape index (κ2) is 6.64. The van der Waals surface area contributed by atoms with E-state index < -0.39 is 0 Å². The molecule has 3 rings (SSSR count). The Kier molecular flexibility index (Phi) is 4.62. The molecule has 2 fully saturated rings. The number of hydrogen-bond donors (Lipinski definition) is 0. The van der Waals surface area contributed by atoms with E-state index in [1.807, 2.05) is 13.0 Å². The molecule has 2 heteroatoms. The number of ether oxygens (including phenoxy) is 1. The van der Waals surface area contributed by atoms with E-state index in [-0.39, 0.29) is 5.82 Å². The number of allylic oxidation sites excluding steroid dienone is 1. The van der Waals surface area contributed by atoms with Crippen LogP contribution >= 0.6 is 0 Å². The second-order valence-corrected chi connectivity index (χ2v) is 6.60. The van der Waals surface area contributed by atoms with Crippen LogP contribution in [-0.4, -0.2) is 6.61 Å². The van der Waals surface area contributed by atoms with Crippen molar-refractivity contribution in [2.45, 2.75) is 51.9 Å². The normalized spacial score (nSPS) is 20.1. The molecule has 2 aliphatic rings. The molecule has 0 radical (unpaired) electrons. The van der Waals surface area contributed by atoms with Gasteiger partial charge in [-0.15, -0.1) is 0 Å². The van der Waals surface area contributed by atoms with E-state index in [1.165, 1.54) is 44.9 Å². The van der Waals surface area contributed by atoms with Crippen LogP contribution in [0.25, 0.3) is 6.08 Å². The lowest BCUT2D eigenvalue weighted by molar-refractivity contribution is 0.241. The first-order chi connectivity index (χ1) is 10.2. The first-order valence-electron chi connectivity index (χ1n) is 8.34. The van der Waals surface area contributed by atoms with Gasteiger partial charge in [-0.2, -0.15) is 0 Å². The number of hydrogen-bond acceptors (Lipinski definition) is 1. The summed E-state index contributed by atoms with van der Waals surface area (Å²) in [4.78, 5) is 0. The molecule has 1 aromatic rings. The highest BCUT2D eigenvalue weighted by Gasteiger charge is 2.18. The highest BCUT2D eigenvalue weighted by atomic mass is 19.1. The van der Waals surface area contributed by atoms with Crippen LogP contribution in [0.15, 0.2) is 18.2 Å². The molecule has 2 aliphatic carbocycles. The fraction of sp³-hybridized carbons (Fsp3) is 0.579. The van der Waals surface area contributed by atoms with Gasteiger partial charge in [0.2, 0.25) is 0 Å². The van der Waals surface area contributed by atoms with Gasteiger partial charge in [-0.3, -0.25) is 0 Å². The van der Waals surface area contributed by atoms with Crippen molar-refractivity contribution in [3.05, 3.63) is 35.2 Å². The van der Waals surface area contributed by atoms with Gasteiger partial charge in [0.25, 0.3) is 0 Å². The van der Waals surface area contributed by atoms with Crippen molar-refractivity contribution >= 4 is 6.08 Å². The van der Waals surface area contributed by atoms with Crippen LogP contribution in [-0.2, 0) is 0 Å². The van der Waals surface area contributed by atoms with Crippen LogP contribution in [0.2, 0.25) is 0 Å². The summed E-state index contributed by atoms with van der Waals surface area (Å²) in [7, 11) is 0. The fourth-order valence-electron chi connectivity index (χ4n) is 3.22. The molecule has 21 heavy (non-hydrogen) atoms. The molecule has 114 valence electrons. The monoisotopic (exact) mass is 288 g/mol. The predicted octanol–water partition coefficient (Wildman–Crippen LogP) is 5.52. The zero-order valence-electron chi connectivity index (χ0n) is 12.9. The molecule has 0 saturated heterocycles. The maximum absolute atomic E-state index is 14.4. The van der Waals surface area contributed by atoms with Crippen LogP contribution in [0.4, 0.5) is 4.39 Å². The molecular weight excluding hydrogens is 263 g/mol. The molecule has 2 saturated carbocycles. The van der Waals surface area contributed by atoms with E-state index in [0.717, 1.165) is 5.56 Å². The minimum atomic E-state index is -0.191. The maximum atomic E-state index is 14.4. The summed E-state index contributed by atoms with van der Waals surface area (Å²) in [5.41, 5.74) is 1.68. The summed E-state index contributed by atoms with van der Waals surface area (Å²) in [5.74, 6) is 1.54. The van der Waals surface area contributed by atoms with Gasteiger partial charge in [0.15, 0.2) is 11.6 Å². The molecule has 0 unspecified atom stereocenters. The third-order valence-electron chi connectivity index (χ3n) is 5.04. The lowest BCUT2D eigenvalue weighted by atomic mass is 9.85. The van der Waals surface area contributed by atoms with Gasteiger partial charge < -0.3 is 4.74 Å². The van der Waals surface area contributed by atoms with Crippen molar-refractivity contribution in [3.8, 4) is 5.75 Å². The summed E-state index contributed by atoms with van der Waals surface area (Å²) < 4.78 is 20.1. The Morgan fingerprint density at radius 3 is 2.57 bits per heavy atom. The first-order valence-corrected chi connectivity index (χ1v) is 8.34. The topological polar surface area (TPSA) is 9.23 Å². The lowest BCUT2D eigenvalue weighted by Crippen LogP contribution is -2.09. The molecule has 0 amide bonds. The quantitative estimate of drug-likeness (QED) is 0.693. The molecule has 0 atom stereocenters. The van der Waals surface area contributed by atoms with Crippen LogP contribution in [0, 0.1) is 24.6 Å². The highest BCUT2D eigenvalue weighted by Crippen LogP contribution is 2.31. The minimum absolute atomic E-state index is 0.191. The Bertz CT molecular complexity index is 511. The van der Waals surface area contributed by atoms with Crippen LogP contribution in [0.5, 0.6) is 5.75 Å². The second-order valence-electron chi connectivity index (χ2n) is 6.60. The number of benzene rings is 1. The smallest absolute Gasteiger partial charge is 0.168 e. The van der Waals surface area contributed by atoms with Gasteiger partial charge in [0.1, 0.15) is 0 Å². The lowest BCUT2D eigenvalue weighted by Gasteiger charge is -2.21. The largest absolute Gasteiger partial charge is 0.490 e. The van der Waals surface area contributed by atoms with E-state index in [2.05, 4.69) is 12.2 Å². The molecule has 0 spiro atoms. The van der Waals surface area contributed by atoms with E-state index in [1.54, 1.807) is 6.07 Å². The number of halogens is 1. The SMILES string of the molecule is Cc1c(/C=C/C2CCC2)ccc(OCC2CCCC2)c1F. The van der Waals surface area contributed by atoms with Crippen LogP contribution in [0.3, 0.4) is 0 Å². The summed E-state index contributed by atoms with van der Waals surface area (Å²) >= 11 is 0. The molecule has 0 N–H and O–H groups in total. The van der Waals surface area contributed by atoms with Gasteiger partial charge in [-0.1, -0.05) is 37.5 Å². The van der Waals surface area contributed by atoms with Crippen molar-refractivity contribution < 1.29 is 9.13 Å². The Morgan fingerprint density at radius 1 is 1.14 bits per heavy atom. The molecule has 0 aliphatic heterocycles. The van der Waals surface area contributed by atoms with Gasteiger partial charge in [0, 0.05) is 0 Å². The van der Waals surface area contributed by atoms with E-state index >= 15 is 0 Å². The van der Waals surface area contributed by atoms with Gasteiger partial charge >= 0.3 is 0 Å². The first kappa shape index (κ1) is 14.6. The summed E-state index contributed by atoms with van der Waals surface area (Å²) in [6, 6.07) is 3.77. The molecule has 0 aromatic heterocycles.